The van der Waals surface area contributed by atoms with Gasteiger partial charge in [0.05, 0.1) is 17.7 Å². The summed E-state index contributed by atoms with van der Waals surface area (Å²) in [4.78, 5) is 16.0. The van der Waals surface area contributed by atoms with Gasteiger partial charge in [-0.05, 0) is 12.5 Å². The Morgan fingerprint density at radius 3 is 2.72 bits per heavy atom. The molecule has 5 heteroatoms. The Morgan fingerprint density at radius 2 is 2.17 bits per heavy atom. The summed E-state index contributed by atoms with van der Waals surface area (Å²) in [5.41, 5.74) is 1.27. The van der Waals surface area contributed by atoms with E-state index >= 15 is 0 Å². The zero-order chi connectivity index (χ0) is 13.0. The third kappa shape index (κ3) is 2.94. The monoisotopic (exact) mass is 262 g/mol. The van der Waals surface area contributed by atoms with E-state index in [1.54, 1.807) is 5.38 Å². The molecule has 1 atom stereocenters. The van der Waals surface area contributed by atoms with Gasteiger partial charge < -0.3 is 10.4 Å². The van der Waals surface area contributed by atoms with Crippen LogP contribution in [0.15, 0.2) is 35.7 Å². The van der Waals surface area contributed by atoms with Gasteiger partial charge in [0, 0.05) is 5.38 Å². The van der Waals surface area contributed by atoms with E-state index < -0.39 is 6.04 Å². The number of aromatic nitrogens is 1. The first kappa shape index (κ1) is 12.7. The van der Waals surface area contributed by atoms with Crippen LogP contribution in [0.1, 0.15) is 27.1 Å². The van der Waals surface area contributed by atoms with Gasteiger partial charge in [0.1, 0.15) is 5.69 Å². The molecule has 1 amide bonds. The summed E-state index contributed by atoms with van der Waals surface area (Å²) in [5.74, 6) is -0.262. The minimum Gasteiger partial charge on any atom is -0.394 e. The molecule has 0 aliphatic carbocycles. The Bertz CT molecular complexity index is 525. The lowest BCUT2D eigenvalue weighted by Crippen LogP contribution is -2.31. The van der Waals surface area contributed by atoms with Crippen molar-refractivity contribution in [1.29, 1.82) is 0 Å². The van der Waals surface area contributed by atoms with Crippen LogP contribution in [0.25, 0.3) is 0 Å². The molecule has 2 N–H and O–H groups in total. The first-order valence-electron chi connectivity index (χ1n) is 5.59. The SMILES string of the molecule is Cc1nc(C(=O)NC(CO)c2ccccc2)cs1. The van der Waals surface area contributed by atoms with Gasteiger partial charge in [-0.25, -0.2) is 4.98 Å². The van der Waals surface area contributed by atoms with Crippen LogP contribution >= 0.6 is 11.3 Å². The Balaban J connectivity index is 2.10. The number of benzene rings is 1. The Hall–Kier alpha value is -1.72. The fourth-order valence-electron chi connectivity index (χ4n) is 1.62. The molecule has 1 heterocycles. The summed E-state index contributed by atoms with van der Waals surface area (Å²) in [6.07, 6.45) is 0. The molecule has 0 saturated heterocycles. The van der Waals surface area contributed by atoms with Crippen molar-refractivity contribution in [3.63, 3.8) is 0 Å². The van der Waals surface area contributed by atoms with Gasteiger partial charge in [-0.3, -0.25) is 4.79 Å². The van der Waals surface area contributed by atoms with Gasteiger partial charge >= 0.3 is 0 Å². The summed E-state index contributed by atoms with van der Waals surface area (Å²) < 4.78 is 0. The van der Waals surface area contributed by atoms with Crippen molar-refractivity contribution in [3.8, 4) is 0 Å². The molecule has 4 nitrogen and oxygen atoms in total. The summed E-state index contributed by atoms with van der Waals surface area (Å²) in [5, 5.41) is 14.7. The molecule has 0 aliphatic heterocycles. The molecule has 0 spiro atoms. The van der Waals surface area contributed by atoms with Crippen LogP contribution in [0, 0.1) is 6.92 Å². The van der Waals surface area contributed by atoms with Crippen molar-refractivity contribution in [2.45, 2.75) is 13.0 Å². The van der Waals surface area contributed by atoms with E-state index in [-0.39, 0.29) is 12.5 Å². The maximum Gasteiger partial charge on any atom is 0.271 e. The number of amides is 1. The van der Waals surface area contributed by atoms with E-state index in [9.17, 15) is 9.90 Å². The molecule has 0 radical (unpaired) electrons. The highest BCUT2D eigenvalue weighted by Crippen LogP contribution is 2.14. The van der Waals surface area contributed by atoms with Crippen molar-refractivity contribution in [1.82, 2.24) is 10.3 Å². The number of carbonyl (C=O) groups excluding carboxylic acids is 1. The molecule has 18 heavy (non-hydrogen) atoms. The average molecular weight is 262 g/mol. The number of hydrogen-bond acceptors (Lipinski definition) is 4. The van der Waals surface area contributed by atoms with E-state index in [0.29, 0.717) is 5.69 Å². The molecule has 2 aromatic rings. The lowest BCUT2D eigenvalue weighted by Gasteiger charge is -2.15. The fraction of sp³-hybridized carbons (Fsp3) is 0.231. The number of aliphatic hydroxyl groups excluding tert-OH is 1. The highest BCUT2D eigenvalue weighted by Gasteiger charge is 2.16. The van der Waals surface area contributed by atoms with E-state index in [2.05, 4.69) is 10.3 Å². The number of nitrogens with zero attached hydrogens (tertiary/aromatic N) is 1. The Kier molecular flexibility index (Phi) is 4.07. The van der Waals surface area contributed by atoms with Crippen molar-refractivity contribution >= 4 is 17.2 Å². The zero-order valence-electron chi connectivity index (χ0n) is 9.96. The first-order chi connectivity index (χ1) is 8.70. The Morgan fingerprint density at radius 1 is 1.44 bits per heavy atom. The van der Waals surface area contributed by atoms with Gasteiger partial charge in [0.25, 0.3) is 5.91 Å². The number of carbonyl (C=O) groups is 1. The van der Waals surface area contributed by atoms with Crippen molar-refractivity contribution in [2.24, 2.45) is 0 Å². The predicted octanol–water partition coefficient (Wildman–Crippen LogP) is 1.91. The molecule has 0 bridgehead atoms. The van der Waals surface area contributed by atoms with Gasteiger partial charge in [-0.2, -0.15) is 0 Å². The van der Waals surface area contributed by atoms with Crippen LogP contribution in [0.2, 0.25) is 0 Å². The van der Waals surface area contributed by atoms with Crippen LogP contribution in [0.4, 0.5) is 0 Å². The number of aliphatic hydroxyl groups is 1. The molecular formula is C13H14N2O2S. The normalized spacial score (nSPS) is 12.1. The zero-order valence-corrected chi connectivity index (χ0v) is 10.8. The minimum atomic E-state index is -0.402. The molecule has 1 aromatic carbocycles. The number of nitrogens with one attached hydrogen (secondary N) is 1. The summed E-state index contributed by atoms with van der Waals surface area (Å²) in [6.45, 7) is 1.71. The highest BCUT2D eigenvalue weighted by molar-refractivity contribution is 7.09. The topological polar surface area (TPSA) is 62.2 Å². The Labute approximate surface area is 109 Å². The second-order valence-corrected chi connectivity index (χ2v) is 4.93. The highest BCUT2D eigenvalue weighted by atomic mass is 32.1. The van der Waals surface area contributed by atoms with Crippen LogP contribution in [0.5, 0.6) is 0 Å². The first-order valence-corrected chi connectivity index (χ1v) is 6.47. The number of aryl methyl sites for hydroxylation is 1. The van der Waals surface area contributed by atoms with Gasteiger partial charge in [0.15, 0.2) is 0 Å². The molecule has 0 aliphatic rings. The molecule has 2 rings (SSSR count). The maximum atomic E-state index is 11.9. The number of thiazole rings is 1. The maximum absolute atomic E-state index is 11.9. The van der Waals surface area contributed by atoms with E-state index in [1.165, 1.54) is 11.3 Å². The largest absolute Gasteiger partial charge is 0.394 e. The molecule has 94 valence electrons. The molecule has 0 fully saturated rings. The van der Waals surface area contributed by atoms with E-state index in [4.69, 9.17) is 0 Å². The summed E-state index contributed by atoms with van der Waals surface area (Å²) in [6, 6.07) is 8.97. The van der Waals surface area contributed by atoms with Crippen molar-refractivity contribution in [2.75, 3.05) is 6.61 Å². The number of hydrogen-bond donors (Lipinski definition) is 2. The van der Waals surface area contributed by atoms with Crippen LogP contribution in [-0.4, -0.2) is 22.6 Å². The van der Waals surface area contributed by atoms with Crippen LogP contribution < -0.4 is 5.32 Å². The smallest absolute Gasteiger partial charge is 0.271 e. The van der Waals surface area contributed by atoms with E-state index in [1.807, 2.05) is 37.3 Å². The molecule has 0 saturated carbocycles. The fourth-order valence-corrected chi connectivity index (χ4v) is 2.21. The molecule has 1 aromatic heterocycles. The molecule has 1 unspecified atom stereocenters. The van der Waals surface area contributed by atoms with Crippen molar-refractivity contribution in [3.05, 3.63) is 52.0 Å². The van der Waals surface area contributed by atoms with E-state index in [0.717, 1.165) is 10.6 Å². The van der Waals surface area contributed by atoms with Gasteiger partial charge in [-0.15, -0.1) is 11.3 Å². The quantitative estimate of drug-likeness (QED) is 0.884. The lowest BCUT2D eigenvalue weighted by atomic mass is 10.1. The standard InChI is InChI=1S/C13H14N2O2S/c1-9-14-12(8-18-9)13(17)15-11(7-16)10-5-3-2-4-6-10/h2-6,8,11,16H,7H2,1H3,(H,15,17). The minimum absolute atomic E-state index is 0.140. The van der Waals surface area contributed by atoms with Crippen molar-refractivity contribution < 1.29 is 9.90 Å². The summed E-state index contributed by atoms with van der Waals surface area (Å²) >= 11 is 1.43. The third-order valence-electron chi connectivity index (χ3n) is 2.54. The predicted molar refractivity (Wildman–Crippen MR) is 70.6 cm³/mol. The van der Waals surface area contributed by atoms with Crippen LogP contribution in [-0.2, 0) is 0 Å². The third-order valence-corrected chi connectivity index (χ3v) is 3.32. The molecular weight excluding hydrogens is 248 g/mol. The van der Waals surface area contributed by atoms with Crippen LogP contribution in [0.3, 0.4) is 0 Å². The average Bonchev–Trinajstić information content (AvgIpc) is 2.83. The number of rotatable bonds is 4. The van der Waals surface area contributed by atoms with Gasteiger partial charge in [-0.1, -0.05) is 30.3 Å². The second kappa shape index (κ2) is 5.75. The van der Waals surface area contributed by atoms with Gasteiger partial charge in [0.2, 0.25) is 0 Å². The second-order valence-electron chi connectivity index (χ2n) is 3.87. The summed E-state index contributed by atoms with van der Waals surface area (Å²) in [7, 11) is 0. The lowest BCUT2D eigenvalue weighted by molar-refractivity contribution is 0.0911.